The lowest BCUT2D eigenvalue weighted by Gasteiger charge is -2.21. The Morgan fingerprint density at radius 3 is 2.81 bits per heavy atom. The molecule has 0 radical (unpaired) electrons. The Kier molecular flexibility index (Phi) is 4.92. The fourth-order valence-corrected chi connectivity index (χ4v) is 1.91. The van der Waals surface area contributed by atoms with Crippen molar-refractivity contribution in [2.24, 2.45) is 0 Å². The highest BCUT2D eigenvalue weighted by atomic mass is 32.2. The van der Waals surface area contributed by atoms with Gasteiger partial charge in [0.2, 0.25) is 11.8 Å². The average Bonchev–Trinajstić information content (AvgIpc) is 2.39. The van der Waals surface area contributed by atoms with Crippen LogP contribution in [0.4, 0.5) is 0 Å². The van der Waals surface area contributed by atoms with Gasteiger partial charge in [0.25, 0.3) is 0 Å². The number of nitrogens with one attached hydrogen (secondary N) is 1. The Labute approximate surface area is 98.0 Å². The SMILES string of the molecule is CC(CCN1CCC(=O)NCC1=O)S(C)=O. The quantitative estimate of drug-likeness (QED) is 0.726. The molecule has 16 heavy (non-hydrogen) atoms. The van der Waals surface area contributed by atoms with E-state index in [1.807, 2.05) is 6.92 Å². The van der Waals surface area contributed by atoms with Gasteiger partial charge in [-0.2, -0.15) is 0 Å². The lowest BCUT2D eigenvalue weighted by Crippen LogP contribution is -2.37. The summed E-state index contributed by atoms with van der Waals surface area (Å²) in [4.78, 5) is 24.3. The third-order valence-electron chi connectivity index (χ3n) is 2.77. The van der Waals surface area contributed by atoms with E-state index in [-0.39, 0.29) is 23.6 Å². The lowest BCUT2D eigenvalue weighted by molar-refractivity contribution is -0.130. The molecule has 0 spiro atoms. The number of carbonyl (C=O) groups excluding carboxylic acids is 2. The number of hydrogen-bond acceptors (Lipinski definition) is 3. The summed E-state index contributed by atoms with van der Waals surface area (Å²) in [6, 6.07) is 0. The summed E-state index contributed by atoms with van der Waals surface area (Å²) in [6.45, 7) is 3.03. The van der Waals surface area contributed by atoms with Gasteiger partial charge in [0.05, 0.1) is 6.54 Å². The van der Waals surface area contributed by atoms with Crippen LogP contribution < -0.4 is 5.32 Å². The molecule has 1 aliphatic heterocycles. The minimum Gasteiger partial charge on any atom is -0.347 e. The molecule has 1 rings (SSSR count). The first-order valence-corrected chi connectivity index (χ1v) is 6.99. The monoisotopic (exact) mass is 246 g/mol. The third-order valence-corrected chi connectivity index (χ3v) is 4.14. The van der Waals surface area contributed by atoms with Crippen molar-refractivity contribution in [2.45, 2.75) is 25.0 Å². The Morgan fingerprint density at radius 2 is 2.19 bits per heavy atom. The molecular weight excluding hydrogens is 228 g/mol. The second-order valence-corrected chi connectivity index (χ2v) is 5.81. The first-order chi connectivity index (χ1) is 7.50. The van der Waals surface area contributed by atoms with Gasteiger partial charge >= 0.3 is 0 Å². The van der Waals surface area contributed by atoms with Gasteiger partial charge in [0, 0.05) is 41.8 Å². The zero-order valence-electron chi connectivity index (χ0n) is 9.69. The number of amides is 2. The van der Waals surface area contributed by atoms with E-state index in [2.05, 4.69) is 5.32 Å². The molecule has 1 aliphatic rings. The molecule has 1 saturated heterocycles. The topological polar surface area (TPSA) is 66.5 Å². The zero-order valence-corrected chi connectivity index (χ0v) is 10.5. The standard InChI is InChI=1S/C10H18N2O3S/c1-8(16(2)15)3-5-12-6-4-9(13)11-7-10(12)14/h8H,3-7H2,1-2H3,(H,11,13). The summed E-state index contributed by atoms with van der Waals surface area (Å²) < 4.78 is 11.2. The summed E-state index contributed by atoms with van der Waals surface area (Å²) in [5.74, 6) is -0.136. The van der Waals surface area contributed by atoms with Crippen LogP contribution in [0.15, 0.2) is 0 Å². The van der Waals surface area contributed by atoms with Gasteiger partial charge in [0.15, 0.2) is 0 Å². The van der Waals surface area contributed by atoms with E-state index < -0.39 is 10.8 Å². The van der Waals surface area contributed by atoms with Gasteiger partial charge in [-0.3, -0.25) is 13.8 Å². The van der Waals surface area contributed by atoms with Crippen LogP contribution in [0.3, 0.4) is 0 Å². The van der Waals surface area contributed by atoms with Crippen LogP contribution in [-0.2, 0) is 20.4 Å². The van der Waals surface area contributed by atoms with E-state index in [4.69, 9.17) is 0 Å². The fourth-order valence-electron chi connectivity index (χ4n) is 1.48. The van der Waals surface area contributed by atoms with E-state index in [0.29, 0.717) is 25.9 Å². The van der Waals surface area contributed by atoms with E-state index in [1.54, 1.807) is 11.2 Å². The number of carbonyl (C=O) groups is 2. The second-order valence-electron chi connectivity index (χ2n) is 4.01. The van der Waals surface area contributed by atoms with Gasteiger partial charge < -0.3 is 10.2 Å². The summed E-state index contributed by atoms with van der Waals surface area (Å²) in [5, 5.41) is 2.63. The van der Waals surface area contributed by atoms with Crippen molar-refractivity contribution in [1.82, 2.24) is 10.2 Å². The smallest absolute Gasteiger partial charge is 0.241 e. The highest BCUT2D eigenvalue weighted by Gasteiger charge is 2.20. The molecule has 0 aromatic carbocycles. The predicted molar refractivity (Wildman–Crippen MR) is 62.4 cm³/mol. The van der Waals surface area contributed by atoms with E-state index in [9.17, 15) is 13.8 Å². The highest BCUT2D eigenvalue weighted by Crippen LogP contribution is 2.04. The molecular formula is C10H18N2O3S. The van der Waals surface area contributed by atoms with Gasteiger partial charge in [-0.05, 0) is 6.42 Å². The maximum atomic E-state index is 11.6. The number of rotatable bonds is 4. The summed E-state index contributed by atoms with van der Waals surface area (Å²) >= 11 is 0. The summed E-state index contributed by atoms with van der Waals surface area (Å²) in [6.07, 6.45) is 2.73. The van der Waals surface area contributed by atoms with Crippen molar-refractivity contribution in [2.75, 3.05) is 25.9 Å². The predicted octanol–water partition coefficient (Wildman–Crippen LogP) is -0.508. The van der Waals surface area contributed by atoms with E-state index in [1.165, 1.54) is 0 Å². The average molecular weight is 246 g/mol. The Morgan fingerprint density at radius 1 is 1.50 bits per heavy atom. The van der Waals surface area contributed by atoms with Crippen LogP contribution in [-0.4, -0.2) is 52.1 Å². The number of nitrogens with zero attached hydrogens (tertiary/aromatic N) is 1. The molecule has 0 aromatic heterocycles. The third kappa shape index (κ3) is 3.92. The van der Waals surface area contributed by atoms with Crippen LogP contribution in [0.2, 0.25) is 0 Å². The molecule has 0 bridgehead atoms. The van der Waals surface area contributed by atoms with Crippen LogP contribution in [0, 0.1) is 0 Å². The summed E-state index contributed by atoms with van der Waals surface area (Å²) in [5.41, 5.74) is 0. The molecule has 0 aromatic rings. The Bertz CT molecular complexity index is 306. The van der Waals surface area contributed by atoms with Crippen LogP contribution in [0.5, 0.6) is 0 Å². The van der Waals surface area contributed by atoms with Gasteiger partial charge in [-0.25, -0.2) is 0 Å². The molecule has 2 amide bonds. The maximum Gasteiger partial charge on any atom is 0.241 e. The van der Waals surface area contributed by atoms with Crippen molar-refractivity contribution >= 4 is 22.6 Å². The molecule has 5 nitrogen and oxygen atoms in total. The molecule has 92 valence electrons. The minimum absolute atomic E-state index is 0.0556. The van der Waals surface area contributed by atoms with Gasteiger partial charge in [-0.15, -0.1) is 0 Å². The molecule has 2 unspecified atom stereocenters. The molecule has 1 N–H and O–H groups in total. The molecule has 6 heteroatoms. The molecule has 0 saturated carbocycles. The van der Waals surface area contributed by atoms with Crippen molar-refractivity contribution in [1.29, 1.82) is 0 Å². The lowest BCUT2D eigenvalue weighted by atomic mass is 10.3. The molecule has 0 aliphatic carbocycles. The molecule has 2 atom stereocenters. The highest BCUT2D eigenvalue weighted by molar-refractivity contribution is 7.84. The van der Waals surface area contributed by atoms with Crippen molar-refractivity contribution in [3.05, 3.63) is 0 Å². The largest absolute Gasteiger partial charge is 0.347 e. The first-order valence-electron chi connectivity index (χ1n) is 5.37. The second kappa shape index (κ2) is 5.98. The maximum absolute atomic E-state index is 11.6. The van der Waals surface area contributed by atoms with E-state index >= 15 is 0 Å². The minimum atomic E-state index is -0.858. The Hall–Kier alpha value is -0.910. The van der Waals surface area contributed by atoms with Crippen LogP contribution in [0.25, 0.3) is 0 Å². The fraction of sp³-hybridized carbons (Fsp3) is 0.800. The normalized spacial score (nSPS) is 21.2. The van der Waals surface area contributed by atoms with Crippen molar-refractivity contribution in [3.63, 3.8) is 0 Å². The molecule has 1 heterocycles. The van der Waals surface area contributed by atoms with E-state index in [0.717, 1.165) is 0 Å². The number of hydrogen-bond donors (Lipinski definition) is 1. The molecule has 1 fully saturated rings. The van der Waals surface area contributed by atoms with Crippen LogP contribution >= 0.6 is 0 Å². The van der Waals surface area contributed by atoms with Crippen LogP contribution in [0.1, 0.15) is 19.8 Å². The first kappa shape index (κ1) is 13.2. The van der Waals surface area contributed by atoms with Crippen molar-refractivity contribution in [3.8, 4) is 0 Å². The van der Waals surface area contributed by atoms with Gasteiger partial charge in [-0.1, -0.05) is 6.92 Å². The van der Waals surface area contributed by atoms with Gasteiger partial charge in [0.1, 0.15) is 0 Å². The zero-order chi connectivity index (χ0) is 12.1. The Balaban J connectivity index is 2.43. The van der Waals surface area contributed by atoms with Crippen molar-refractivity contribution < 1.29 is 13.8 Å². The summed E-state index contributed by atoms with van der Waals surface area (Å²) in [7, 11) is -0.858.